The van der Waals surface area contributed by atoms with E-state index in [1.165, 1.54) is 6.08 Å². The van der Waals surface area contributed by atoms with Gasteiger partial charge in [0.1, 0.15) is 36.8 Å². The molecule has 72 heavy (non-hydrogen) atoms. The summed E-state index contributed by atoms with van der Waals surface area (Å²) in [4.78, 5) is 70.7. The van der Waals surface area contributed by atoms with E-state index in [0.717, 1.165) is 82.8 Å². The molecule has 19 nitrogen and oxygen atoms in total. The Balaban J connectivity index is 2.25. The lowest BCUT2D eigenvalue weighted by molar-refractivity contribution is -0.165. The molecule has 0 saturated heterocycles. The first-order valence-corrected chi connectivity index (χ1v) is 28.6. The molecule has 0 spiro atoms. The van der Waals surface area contributed by atoms with Crippen LogP contribution < -0.4 is 0 Å². The van der Waals surface area contributed by atoms with Crippen molar-refractivity contribution in [3.8, 4) is 0 Å². The molecule has 2 rings (SSSR count). The van der Waals surface area contributed by atoms with Crippen LogP contribution in [0.4, 0.5) is 0 Å². The molecule has 0 aromatic rings. The summed E-state index contributed by atoms with van der Waals surface area (Å²) in [5.41, 5.74) is 0. The molecule has 2 bridgehead atoms. The van der Waals surface area contributed by atoms with Crippen molar-refractivity contribution in [3.05, 3.63) is 72.9 Å². The van der Waals surface area contributed by atoms with Crippen LogP contribution in [0.3, 0.4) is 0 Å². The fraction of sp³-hybridized carbons (Fsp3) is 0.706. The average Bonchev–Trinajstić information content (AvgIpc) is 3.32. The van der Waals surface area contributed by atoms with Crippen LogP contribution in [0, 0.1) is 11.8 Å². The molecule has 412 valence electrons. The highest BCUT2D eigenvalue weighted by Gasteiger charge is 2.51. The summed E-state index contributed by atoms with van der Waals surface area (Å²) in [5.74, 6) is -5.84. The monoisotopic (exact) mass is 1060 g/mol. The fourth-order valence-electron chi connectivity index (χ4n) is 8.08. The number of ketones is 1. The number of unbranched alkanes of at least 4 members (excludes halogenated alkanes) is 8. The second-order valence-electron chi connectivity index (χ2n) is 18.3. The Morgan fingerprint density at radius 3 is 2.11 bits per heavy atom. The number of rotatable bonds is 25. The van der Waals surface area contributed by atoms with E-state index in [1.54, 1.807) is 6.08 Å². The third-order valence-corrected chi connectivity index (χ3v) is 13.6. The Labute approximate surface area is 425 Å². The third kappa shape index (κ3) is 28.1. The van der Waals surface area contributed by atoms with Crippen LogP contribution in [-0.2, 0) is 46.6 Å². The quantitative estimate of drug-likeness (QED) is 0.0193. The molecule has 21 heteroatoms. The highest BCUT2D eigenvalue weighted by molar-refractivity contribution is 7.47. The number of carbonyl (C=O) groups is 3. The summed E-state index contributed by atoms with van der Waals surface area (Å²) < 4.78 is 52.2. The van der Waals surface area contributed by atoms with Gasteiger partial charge in [0.2, 0.25) is 0 Å². The van der Waals surface area contributed by atoms with Crippen molar-refractivity contribution >= 4 is 33.4 Å². The first kappa shape index (κ1) is 65.1. The zero-order valence-electron chi connectivity index (χ0n) is 42.0. The molecule has 0 amide bonds. The molecular weight excluding hydrogens is 978 g/mol. The Bertz CT molecular complexity index is 1830. The topological polar surface area (TPSA) is 314 Å². The SMILES string of the molecule is CC/C=C\C/C=C\C/C=C\C/C=C\CCCCCCCCC(=O)O[C@@H]1COC(=O)CCC/C=C\C[C@@H]2[C@@H](O)[C@H](O)[C@@H](O)[C@H](OP(=O)(O)OC1)[C@H](OP(=O)(O)O)[C@H](O)[C@@H](/C=C/[C@@H](O)CCCCC)C(=O)C[C@@H]2O. The van der Waals surface area contributed by atoms with E-state index >= 15 is 0 Å². The summed E-state index contributed by atoms with van der Waals surface area (Å²) in [5, 5.41) is 68.1. The number of ether oxygens (including phenoxy) is 2. The van der Waals surface area contributed by atoms with Gasteiger partial charge in [-0.2, -0.15) is 0 Å². The lowest BCUT2D eigenvalue weighted by Gasteiger charge is -2.38. The molecule has 1 aliphatic carbocycles. The van der Waals surface area contributed by atoms with E-state index in [1.807, 2.05) is 6.92 Å². The lowest BCUT2D eigenvalue weighted by Crippen LogP contribution is -2.56. The van der Waals surface area contributed by atoms with Crippen LogP contribution in [0.25, 0.3) is 0 Å². The maximum atomic E-state index is 13.9. The van der Waals surface area contributed by atoms with Crippen LogP contribution >= 0.6 is 15.6 Å². The molecule has 0 radical (unpaired) electrons. The molecule has 1 aliphatic heterocycles. The van der Waals surface area contributed by atoms with E-state index in [4.69, 9.17) is 23.0 Å². The van der Waals surface area contributed by atoms with Crippen molar-refractivity contribution in [2.24, 2.45) is 11.8 Å². The zero-order chi connectivity index (χ0) is 53.4. The molecule has 1 saturated carbocycles. The minimum absolute atomic E-state index is 0.0560. The highest BCUT2D eigenvalue weighted by atomic mass is 31.2. The molecule has 0 aromatic carbocycles. The van der Waals surface area contributed by atoms with E-state index in [-0.39, 0.29) is 38.5 Å². The maximum Gasteiger partial charge on any atom is 0.472 e. The number of aliphatic hydroxyl groups excluding tert-OH is 6. The Kier molecular flexibility index (Phi) is 33.4. The molecule has 0 aromatic heterocycles. The van der Waals surface area contributed by atoms with Gasteiger partial charge in [0.15, 0.2) is 6.10 Å². The summed E-state index contributed by atoms with van der Waals surface area (Å²) in [6, 6.07) is 0. The first-order valence-electron chi connectivity index (χ1n) is 25.6. The molecule has 12 atom stereocenters. The highest BCUT2D eigenvalue weighted by Crippen LogP contribution is 2.49. The smallest absolute Gasteiger partial charge is 0.462 e. The largest absolute Gasteiger partial charge is 0.472 e. The van der Waals surface area contributed by atoms with Gasteiger partial charge in [-0.1, -0.05) is 132 Å². The summed E-state index contributed by atoms with van der Waals surface area (Å²) in [6.45, 7) is 2.41. The fourth-order valence-corrected chi connectivity index (χ4v) is 9.60. The molecule has 1 heterocycles. The minimum atomic E-state index is -5.80. The number of phosphoric acid groups is 2. The Morgan fingerprint density at radius 2 is 1.46 bits per heavy atom. The minimum Gasteiger partial charge on any atom is -0.462 e. The van der Waals surface area contributed by atoms with Crippen molar-refractivity contribution in [3.63, 3.8) is 0 Å². The van der Waals surface area contributed by atoms with Gasteiger partial charge in [-0.3, -0.25) is 28.0 Å². The Morgan fingerprint density at radius 1 is 0.819 bits per heavy atom. The molecule has 2 aliphatic rings. The average molecular weight is 1060 g/mol. The van der Waals surface area contributed by atoms with Gasteiger partial charge < -0.3 is 54.8 Å². The van der Waals surface area contributed by atoms with Crippen molar-refractivity contribution in [2.45, 2.75) is 204 Å². The molecule has 1 fully saturated rings. The zero-order valence-corrected chi connectivity index (χ0v) is 43.8. The van der Waals surface area contributed by atoms with Gasteiger partial charge in [0.25, 0.3) is 0 Å². The number of cyclic esters (lactones) is 1. The van der Waals surface area contributed by atoms with Gasteiger partial charge in [0, 0.05) is 25.2 Å². The van der Waals surface area contributed by atoms with Gasteiger partial charge in [-0.15, -0.1) is 0 Å². The summed E-state index contributed by atoms with van der Waals surface area (Å²) >= 11 is 0. The lowest BCUT2D eigenvalue weighted by atomic mass is 9.83. The molecule has 1 unspecified atom stereocenters. The van der Waals surface area contributed by atoms with Crippen molar-refractivity contribution in [1.82, 2.24) is 0 Å². The van der Waals surface area contributed by atoms with E-state index < -0.39 is 120 Å². The normalized spacial score (nSPS) is 30.2. The number of phosphoric ester groups is 2. The van der Waals surface area contributed by atoms with E-state index in [2.05, 4.69) is 55.5 Å². The Hall–Kier alpha value is -2.97. The first-order chi connectivity index (χ1) is 34.3. The number of carbonyl (C=O) groups excluding carboxylic acids is 3. The molecular formula is C51H84O19P2. The number of fused-ring (bicyclic) bond motifs is 4. The van der Waals surface area contributed by atoms with Crippen LogP contribution in [0.15, 0.2) is 72.9 Å². The van der Waals surface area contributed by atoms with Gasteiger partial charge >= 0.3 is 27.6 Å². The van der Waals surface area contributed by atoms with Crippen LogP contribution in [0.5, 0.6) is 0 Å². The van der Waals surface area contributed by atoms with Gasteiger partial charge in [-0.05, 0) is 70.6 Å². The molecule has 9 N–H and O–H groups in total. The second kappa shape index (κ2) is 36.9. The maximum absolute atomic E-state index is 13.9. The predicted molar refractivity (Wildman–Crippen MR) is 270 cm³/mol. The van der Waals surface area contributed by atoms with Gasteiger partial charge in [-0.25, -0.2) is 9.13 Å². The van der Waals surface area contributed by atoms with Crippen LogP contribution in [0.1, 0.15) is 149 Å². The van der Waals surface area contributed by atoms with E-state index in [9.17, 15) is 68.8 Å². The standard InChI is InChI=1S/C51H84O19P2/c1-3-5-7-8-9-10-11-12-13-14-15-16-17-18-19-20-21-22-28-32-45(56)68-39-36-66-44(55)31-27-24-23-26-30-40-42(53)35-43(54)41(34-33-38(52)29-25-6-4-2)47(58)50(69-71(61,62)63)51(49(60)48(59)46(40)57)70-72(64,65)67-37-39/h5,7,9-10,12-13,15-16,23,26,33-34,38-42,46-53,57-60H,3-4,6,8,11,14,17-22,24-25,27-32,35-37H2,1-2H3,(H,64,65)(H2,61,62,63)/b7-5-,10-9-,13-12-,16-15-,26-23-,34-33+/t38-,39+,40-,41-,42-,46+,47+,48-,49+,50+,51-/m0/s1. The van der Waals surface area contributed by atoms with Crippen molar-refractivity contribution < 1.29 is 91.9 Å². The number of hydrogen-bond donors (Lipinski definition) is 9. The summed E-state index contributed by atoms with van der Waals surface area (Å²) in [7, 11) is -11.5. The van der Waals surface area contributed by atoms with Crippen LogP contribution in [-0.4, -0.2) is 131 Å². The number of aliphatic hydroxyl groups is 6. The van der Waals surface area contributed by atoms with E-state index in [0.29, 0.717) is 19.3 Å². The summed E-state index contributed by atoms with van der Waals surface area (Å²) in [6.07, 6.45) is 14.2. The number of allylic oxidation sites excluding steroid dienone is 10. The number of Topliss-reactive ketones (excluding diaryl/α,β-unsaturated/α-hetero) is 1. The van der Waals surface area contributed by atoms with Crippen LogP contribution in [0.2, 0.25) is 0 Å². The second-order valence-corrected chi connectivity index (χ2v) is 20.9. The van der Waals surface area contributed by atoms with Gasteiger partial charge in [0.05, 0.1) is 36.9 Å². The number of hydrogen-bond acceptors (Lipinski definition) is 16. The number of esters is 2. The van der Waals surface area contributed by atoms with Crippen molar-refractivity contribution in [1.29, 1.82) is 0 Å². The third-order valence-electron chi connectivity index (χ3n) is 12.1. The predicted octanol–water partition coefficient (Wildman–Crippen LogP) is 6.98. The van der Waals surface area contributed by atoms with Crippen molar-refractivity contribution in [2.75, 3.05) is 13.2 Å².